The minimum absolute atomic E-state index is 0.0475. The van der Waals surface area contributed by atoms with Gasteiger partial charge in [0.25, 0.3) is 0 Å². The van der Waals surface area contributed by atoms with E-state index < -0.39 is 0 Å². The molecule has 0 aromatic heterocycles. The fourth-order valence-electron chi connectivity index (χ4n) is 3.30. The topological polar surface area (TPSA) is 50.4 Å². The maximum Gasteiger partial charge on any atom is 0.225 e. The minimum atomic E-state index is 0.0475. The Bertz CT molecular complexity index is 664. The van der Waals surface area contributed by atoms with Crippen molar-refractivity contribution in [2.45, 2.75) is 51.2 Å². The number of anilines is 1. The molecule has 2 aromatic rings. The van der Waals surface area contributed by atoms with Crippen LogP contribution in [-0.2, 0) is 11.4 Å². The average Bonchev–Trinajstić information content (AvgIpc) is 2.69. The summed E-state index contributed by atoms with van der Waals surface area (Å²) in [5.41, 5.74) is 1.94. The minimum Gasteiger partial charge on any atom is -0.489 e. The zero-order valence-electron chi connectivity index (χ0n) is 15.2. The lowest BCUT2D eigenvalue weighted by Gasteiger charge is -2.22. The molecule has 0 spiro atoms. The van der Waals surface area contributed by atoms with Gasteiger partial charge < -0.3 is 15.4 Å². The first-order chi connectivity index (χ1) is 12.8. The van der Waals surface area contributed by atoms with Gasteiger partial charge in [0, 0.05) is 24.7 Å². The molecule has 0 aliphatic heterocycles. The van der Waals surface area contributed by atoms with Crippen LogP contribution in [0.25, 0.3) is 0 Å². The van der Waals surface area contributed by atoms with Crippen LogP contribution in [0, 0.1) is 0 Å². The number of nitrogens with one attached hydrogen (secondary N) is 2. The summed E-state index contributed by atoms with van der Waals surface area (Å²) >= 11 is 0. The molecule has 0 atom stereocenters. The Morgan fingerprint density at radius 2 is 1.69 bits per heavy atom. The molecular formula is C22H28N2O2. The van der Waals surface area contributed by atoms with Gasteiger partial charge in [0.1, 0.15) is 12.4 Å². The van der Waals surface area contributed by atoms with Gasteiger partial charge in [-0.05, 0) is 42.7 Å². The predicted molar refractivity (Wildman–Crippen MR) is 105 cm³/mol. The van der Waals surface area contributed by atoms with Gasteiger partial charge in [-0.2, -0.15) is 0 Å². The lowest BCUT2D eigenvalue weighted by Crippen LogP contribution is -2.33. The highest BCUT2D eigenvalue weighted by molar-refractivity contribution is 5.90. The van der Waals surface area contributed by atoms with Crippen LogP contribution in [-0.4, -0.2) is 18.5 Å². The molecule has 2 aromatic carbocycles. The Hall–Kier alpha value is -2.33. The number of benzene rings is 2. The lowest BCUT2D eigenvalue weighted by atomic mass is 9.95. The molecule has 4 heteroatoms. The second-order valence-electron chi connectivity index (χ2n) is 6.89. The average molecular weight is 352 g/mol. The van der Waals surface area contributed by atoms with Gasteiger partial charge in [0.2, 0.25) is 5.91 Å². The van der Waals surface area contributed by atoms with Gasteiger partial charge >= 0.3 is 0 Å². The molecule has 4 nitrogen and oxygen atoms in total. The molecule has 138 valence electrons. The molecule has 2 N–H and O–H groups in total. The van der Waals surface area contributed by atoms with Crippen molar-refractivity contribution in [3.8, 4) is 5.75 Å². The lowest BCUT2D eigenvalue weighted by molar-refractivity contribution is -0.116. The molecule has 1 aliphatic rings. The van der Waals surface area contributed by atoms with E-state index in [9.17, 15) is 4.79 Å². The van der Waals surface area contributed by atoms with Gasteiger partial charge in [0.05, 0.1) is 0 Å². The van der Waals surface area contributed by atoms with Crippen molar-refractivity contribution in [1.82, 2.24) is 5.32 Å². The molecule has 1 fully saturated rings. The van der Waals surface area contributed by atoms with Crippen LogP contribution in [0.3, 0.4) is 0 Å². The Morgan fingerprint density at radius 3 is 2.42 bits per heavy atom. The summed E-state index contributed by atoms with van der Waals surface area (Å²) in [6.07, 6.45) is 6.95. The molecule has 0 saturated heterocycles. The molecule has 0 heterocycles. The predicted octanol–water partition coefficient (Wildman–Crippen LogP) is 4.52. The van der Waals surface area contributed by atoms with Crippen LogP contribution in [0.4, 0.5) is 5.69 Å². The largest absolute Gasteiger partial charge is 0.489 e. The second kappa shape index (κ2) is 9.97. The fourth-order valence-corrected chi connectivity index (χ4v) is 3.30. The van der Waals surface area contributed by atoms with Crippen LogP contribution >= 0.6 is 0 Å². The highest BCUT2D eigenvalue weighted by atomic mass is 16.5. The summed E-state index contributed by atoms with van der Waals surface area (Å²) in [7, 11) is 0. The number of hydrogen-bond donors (Lipinski definition) is 2. The number of carbonyl (C=O) groups is 1. The van der Waals surface area contributed by atoms with Crippen molar-refractivity contribution in [3.05, 3.63) is 60.2 Å². The number of hydrogen-bond acceptors (Lipinski definition) is 3. The van der Waals surface area contributed by atoms with Gasteiger partial charge in [-0.1, -0.05) is 49.6 Å². The molecule has 3 rings (SSSR count). The maximum atomic E-state index is 12.1. The van der Waals surface area contributed by atoms with E-state index in [4.69, 9.17) is 4.74 Å². The van der Waals surface area contributed by atoms with Crippen LogP contribution in [0.15, 0.2) is 54.6 Å². The molecule has 0 bridgehead atoms. The number of ether oxygens (including phenoxy) is 1. The first-order valence-corrected chi connectivity index (χ1v) is 9.59. The number of rotatable bonds is 8. The van der Waals surface area contributed by atoms with Gasteiger partial charge in [-0.15, -0.1) is 0 Å². The van der Waals surface area contributed by atoms with E-state index in [1.807, 2.05) is 54.6 Å². The molecular weight excluding hydrogens is 324 g/mol. The van der Waals surface area contributed by atoms with Crippen LogP contribution in [0.5, 0.6) is 5.75 Å². The maximum absolute atomic E-state index is 12.1. The molecule has 0 unspecified atom stereocenters. The first kappa shape index (κ1) is 18.5. The SMILES string of the molecule is O=C(CCNC1CCCCC1)Nc1ccc(OCc2ccccc2)cc1. The van der Waals surface area contributed by atoms with Crippen molar-refractivity contribution in [2.75, 3.05) is 11.9 Å². The molecule has 1 saturated carbocycles. The van der Waals surface area contributed by atoms with E-state index in [0.717, 1.165) is 23.5 Å². The quantitative estimate of drug-likeness (QED) is 0.734. The van der Waals surface area contributed by atoms with E-state index in [1.54, 1.807) is 0 Å². The van der Waals surface area contributed by atoms with E-state index in [-0.39, 0.29) is 5.91 Å². The van der Waals surface area contributed by atoms with Crippen molar-refractivity contribution in [3.63, 3.8) is 0 Å². The highest BCUT2D eigenvalue weighted by Gasteiger charge is 2.12. The molecule has 1 amide bonds. The summed E-state index contributed by atoms with van der Waals surface area (Å²) in [6, 6.07) is 18.2. The summed E-state index contributed by atoms with van der Waals surface area (Å²) in [5.74, 6) is 0.845. The third kappa shape index (κ3) is 6.19. The van der Waals surface area contributed by atoms with E-state index in [2.05, 4.69) is 10.6 Å². The van der Waals surface area contributed by atoms with E-state index in [1.165, 1.54) is 32.1 Å². The summed E-state index contributed by atoms with van der Waals surface area (Å²) < 4.78 is 5.76. The van der Waals surface area contributed by atoms with E-state index in [0.29, 0.717) is 19.1 Å². The van der Waals surface area contributed by atoms with Crippen molar-refractivity contribution in [1.29, 1.82) is 0 Å². The molecule has 1 aliphatic carbocycles. The highest BCUT2D eigenvalue weighted by Crippen LogP contribution is 2.18. The normalized spacial score (nSPS) is 14.8. The Morgan fingerprint density at radius 1 is 0.962 bits per heavy atom. The zero-order valence-corrected chi connectivity index (χ0v) is 15.2. The van der Waals surface area contributed by atoms with Gasteiger partial charge in [0.15, 0.2) is 0 Å². The first-order valence-electron chi connectivity index (χ1n) is 9.59. The molecule has 0 radical (unpaired) electrons. The molecule has 26 heavy (non-hydrogen) atoms. The number of amides is 1. The van der Waals surface area contributed by atoms with E-state index >= 15 is 0 Å². The zero-order chi connectivity index (χ0) is 18.0. The Labute approximate surface area is 156 Å². The second-order valence-corrected chi connectivity index (χ2v) is 6.89. The van der Waals surface area contributed by atoms with Crippen molar-refractivity contribution >= 4 is 11.6 Å². The van der Waals surface area contributed by atoms with Crippen LogP contribution in [0.1, 0.15) is 44.1 Å². The standard InChI is InChI=1S/C22H28N2O2/c25-22(15-16-23-19-9-5-2-6-10-19)24-20-11-13-21(14-12-20)26-17-18-7-3-1-4-8-18/h1,3-4,7-8,11-14,19,23H,2,5-6,9-10,15-17H2,(H,24,25). The fraction of sp³-hybridized carbons (Fsp3) is 0.409. The summed E-state index contributed by atoms with van der Waals surface area (Å²) in [4.78, 5) is 12.1. The third-order valence-electron chi connectivity index (χ3n) is 4.78. The number of carbonyl (C=O) groups excluding carboxylic acids is 1. The Balaban J connectivity index is 1.37. The van der Waals surface area contributed by atoms with Gasteiger partial charge in [-0.25, -0.2) is 0 Å². The summed E-state index contributed by atoms with van der Waals surface area (Å²) in [5, 5.41) is 6.45. The van der Waals surface area contributed by atoms with Gasteiger partial charge in [-0.3, -0.25) is 4.79 Å². The third-order valence-corrected chi connectivity index (χ3v) is 4.78. The monoisotopic (exact) mass is 352 g/mol. The smallest absolute Gasteiger partial charge is 0.225 e. The summed E-state index contributed by atoms with van der Waals surface area (Å²) in [6.45, 7) is 1.29. The van der Waals surface area contributed by atoms with Crippen LogP contribution < -0.4 is 15.4 Å². The van der Waals surface area contributed by atoms with Crippen molar-refractivity contribution < 1.29 is 9.53 Å². The van der Waals surface area contributed by atoms with Crippen molar-refractivity contribution in [2.24, 2.45) is 0 Å². The Kier molecular flexibility index (Phi) is 7.08. The van der Waals surface area contributed by atoms with Crippen LogP contribution in [0.2, 0.25) is 0 Å².